The van der Waals surface area contributed by atoms with Crippen LogP contribution in [0.15, 0.2) is 0 Å². The first kappa shape index (κ1) is 15.0. The Labute approximate surface area is 108 Å². The molecule has 17 heavy (non-hydrogen) atoms. The number of piperazine rings is 1. The van der Waals surface area contributed by atoms with Crippen LogP contribution < -0.4 is 5.32 Å². The standard InChI is InChI=1S/C15H32N2/c1-4-7-9-14(6-3)12-17-11-10-16-15(13-17)8-5-2/h14-16H,4-13H2,1-3H3. The van der Waals surface area contributed by atoms with Crippen molar-refractivity contribution in [2.24, 2.45) is 5.92 Å². The molecule has 2 heteroatoms. The summed E-state index contributed by atoms with van der Waals surface area (Å²) in [7, 11) is 0. The molecular weight excluding hydrogens is 208 g/mol. The summed E-state index contributed by atoms with van der Waals surface area (Å²) in [5.74, 6) is 0.926. The molecule has 2 unspecified atom stereocenters. The molecule has 0 bridgehead atoms. The minimum atomic E-state index is 0.748. The number of hydrogen-bond acceptors (Lipinski definition) is 2. The molecular formula is C15H32N2. The van der Waals surface area contributed by atoms with E-state index < -0.39 is 0 Å². The van der Waals surface area contributed by atoms with E-state index in [9.17, 15) is 0 Å². The second-order valence-corrected chi connectivity index (χ2v) is 5.62. The second kappa shape index (κ2) is 8.93. The number of rotatable bonds is 8. The van der Waals surface area contributed by atoms with Gasteiger partial charge in [0.25, 0.3) is 0 Å². The van der Waals surface area contributed by atoms with E-state index in [0.29, 0.717) is 0 Å². The van der Waals surface area contributed by atoms with Crippen molar-refractivity contribution in [3.05, 3.63) is 0 Å². The Kier molecular flexibility index (Phi) is 7.87. The molecule has 1 aliphatic rings. The van der Waals surface area contributed by atoms with Gasteiger partial charge in [-0.05, 0) is 18.8 Å². The largest absolute Gasteiger partial charge is 0.311 e. The van der Waals surface area contributed by atoms with Gasteiger partial charge in [-0.15, -0.1) is 0 Å². The molecule has 0 aliphatic carbocycles. The van der Waals surface area contributed by atoms with E-state index in [4.69, 9.17) is 0 Å². The summed E-state index contributed by atoms with van der Waals surface area (Å²) in [5.41, 5.74) is 0. The highest BCUT2D eigenvalue weighted by atomic mass is 15.2. The van der Waals surface area contributed by atoms with Crippen LogP contribution in [0.2, 0.25) is 0 Å². The normalized spacial score (nSPS) is 23.8. The fourth-order valence-corrected chi connectivity index (χ4v) is 2.88. The Balaban J connectivity index is 2.27. The maximum absolute atomic E-state index is 3.64. The smallest absolute Gasteiger partial charge is 0.0195 e. The Morgan fingerprint density at radius 1 is 1.24 bits per heavy atom. The van der Waals surface area contributed by atoms with E-state index in [1.165, 1.54) is 64.7 Å². The van der Waals surface area contributed by atoms with Crippen molar-refractivity contribution >= 4 is 0 Å². The SMILES string of the molecule is CCCCC(CC)CN1CCNC(CCC)C1. The van der Waals surface area contributed by atoms with E-state index in [-0.39, 0.29) is 0 Å². The van der Waals surface area contributed by atoms with Gasteiger partial charge in [-0.3, -0.25) is 0 Å². The third kappa shape index (κ3) is 5.87. The van der Waals surface area contributed by atoms with Crippen molar-refractivity contribution in [3.8, 4) is 0 Å². The van der Waals surface area contributed by atoms with Gasteiger partial charge in [-0.25, -0.2) is 0 Å². The van der Waals surface area contributed by atoms with E-state index in [0.717, 1.165) is 12.0 Å². The van der Waals surface area contributed by atoms with Crippen molar-refractivity contribution in [2.75, 3.05) is 26.2 Å². The van der Waals surface area contributed by atoms with E-state index >= 15 is 0 Å². The van der Waals surface area contributed by atoms with E-state index in [2.05, 4.69) is 31.0 Å². The molecule has 1 fully saturated rings. The van der Waals surface area contributed by atoms with Gasteiger partial charge >= 0.3 is 0 Å². The molecule has 2 nitrogen and oxygen atoms in total. The van der Waals surface area contributed by atoms with E-state index in [1.54, 1.807) is 0 Å². The minimum absolute atomic E-state index is 0.748. The van der Waals surface area contributed by atoms with Crippen LogP contribution in [-0.2, 0) is 0 Å². The summed E-state index contributed by atoms with van der Waals surface area (Å²) in [6.07, 6.45) is 8.16. The first-order valence-corrected chi connectivity index (χ1v) is 7.75. The number of unbranched alkanes of at least 4 members (excludes halogenated alkanes) is 1. The van der Waals surface area contributed by atoms with Gasteiger partial charge in [0.2, 0.25) is 0 Å². The molecule has 1 heterocycles. The van der Waals surface area contributed by atoms with Crippen LogP contribution in [0, 0.1) is 5.92 Å². The van der Waals surface area contributed by atoms with Gasteiger partial charge in [0.15, 0.2) is 0 Å². The number of nitrogens with one attached hydrogen (secondary N) is 1. The van der Waals surface area contributed by atoms with Crippen molar-refractivity contribution in [1.82, 2.24) is 10.2 Å². The molecule has 0 aromatic rings. The van der Waals surface area contributed by atoms with Crippen molar-refractivity contribution in [3.63, 3.8) is 0 Å². The van der Waals surface area contributed by atoms with E-state index in [1.807, 2.05) is 0 Å². The molecule has 1 N–H and O–H groups in total. The molecule has 0 spiro atoms. The molecule has 102 valence electrons. The van der Waals surface area contributed by atoms with Gasteiger partial charge in [-0.2, -0.15) is 0 Å². The fourth-order valence-electron chi connectivity index (χ4n) is 2.88. The first-order valence-electron chi connectivity index (χ1n) is 7.75. The van der Waals surface area contributed by atoms with Crippen LogP contribution in [0.5, 0.6) is 0 Å². The quantitative estimate of drug-likeness (QED) is 0.700. The van der Waals surface area contributed by atoms with Gasteiger partial charge in [0.05, 0.1) is 0 Å². The highest BCUT2D eigenvalue weighted by Gasteiger charge is 2.20. The minimum Gasteiger partial charge on any atom is -0.311 e. The lowest BCUT2D eigenvalue weighted by Gasteiger charge is -2.35. The Morgan fingerprint density at radius 2 is 2.06 bits per heavy atom. The van der Waals surface area contributed by atoms with Crippen LogP contribution >= 0.6 is 0 Å². The number of nitrogens with zero attached hydrogens (tertiary/aromatic N) is 1. The van der Waals surface area contributed by atoms with Gasteiger partial charge < -0.3 is 10.2 Å². The van der Waals surface area contributed by atoms with Crippen molar-refractivity contribution < 1.29 is 0 Å². The summed E-state index contributed by atoms with van der Waals surface area (Å²) < 4.78 is 0. The summed E-state index contributed by atoms with van der Waals surface area (Å²) in [6, 6.07) is 0.748. The molecule has 0 aromatic carbocycles. The molecule has 0 saturated carbocycles. The van der Waals surface area contributed by atoms with Crippen molar-refractivity contribution in [2.45, 2.75) is 65.3 Å². The molecule has 1 aliphatic heterocycles. The average molecular weight is 240 g/mol. The van der Waals surface area contributed by atoms with Crippen LogP contribution in [0.1, 0.15) is 59.3 Å². The lowest BCUT2D eigenvalue weighted by Crippen LogP contribution is -2.51. The molecule has 0 aromatic heterocycles. The topological polar surface area (TPSA) is 15.3 Å². The zero-order chi connectivity index (χ0) is 12.5. The third-order valence-corrected chi connectivity index (χ3v) is 4.04. The van der Waals surface area contributed by atoms with Crippen LogP contribution in [-0.4, -0.2) is 37.1 Å². The summed E-state index contributed by atoms with van der Waals surface area (Å²) >= 11 is 0. The molecule has 0 radical (unpaired) electrons. The lowest BCUT2D eigenvalue weighted by atomic mass is 9.98. The zero-order valence-electron chi connectivity index (χ0n) is 12.2. The predicted octanol–water partition coefficient (Wildman–Crippen LogP) is 3.28. The first-order chi connectivity index (χ1) is 8.30. The summed E-state index contributed by atoms with van der Waals surface area (Å²) in [5, 5.41) is 3.64. The zero-order valence-corrected chi connectivity index (χ0v) is 12.2. The molecule has 2 atom stereocenters. The Bertz CT molecular complexity index is 180. The number of hydrogen-bond donors (Lipinski definition) is 1. The van der Waals surface area contributed by atoms with Gasteiger partial charge in [0.1, 0.15) is 0 Å². The molecule has 0 amide bonds. The highest BCUT2D eigenvalue weighted by molar-refractivity contribution is 4.79. The van der Waals surface area contributed by atoms with Crippen LogP contribution in [0.3, 0.4) is 0 Å². The maximum atomic E-state index is 3.64. The second-order valence-electron chi connectivity index (χ2n) is 5.62. The maximum Gasteiger partial charge on any atom is 0.0195 e. The van der Waals surface area contributed by atoms with Gasteiger partial charge in [0, 0.05) is 32.2 Å². The summed E-state index contributed by atoms with van der Waals surface area (Å²) in [6.45, 7) is 12.0. The molecule has 1 saturated heterocycles. The highest BCUT2D eigenvalue weighted by Crippen LogP contribution is 2.16. The predicted molar refractivity (Wildman–Crippen MR) is 76.4 cm³/mol. The fraction of sp³-hybridized carbons (Fsp3) is 1.00. The monoisotopic (exact) mass is 240 g/mol. The third-order valence-electron chi connectivity index (χ3n) is 4.04. The van der Waals surface area contributed by atoms with Crippen molar-refractivity contribution in [1.29, 1.82) is 0 Å². The Morgan fingerprint density at radius 3 is 2.71 bits per heavy atom. The van der Waals surface area contributed by atoms with Gasteiger partial charge in [-0.1, -0.05) is 46.5 Å². The summed E-state index contributed by atoms with van der Waals surface area (Å²) in [4.78, 5) is 2.70. The van der Waals surface area contributed by atoms with Crippen LogP contribution in [0.4, 0.5) is 0 Å². The van der Waals surface area contributed by atoms with Crippen LogP contribution in [0.25, 0.3) is 0 Å². The molecule has 1 rings (SSSR count). The lowest BCUT2D eigenvalue weighted by molar-refractivity contribution is 0.162. The Hall–Kier alpha value is -0.0800. The average Bonchev–Trinajstić information content (AvgIpc) is 2.35.